The molecular weight excluding hydrogens is 214 g/mol. The molecule has 2 aliphatic carbocycles. The quantitative estimate of drug-likeness (QED) is 0.784. The smallest absolute Gasteiger partial charge is 0.335 e. The Hall–Kier alpha value is -2.29. The van der Waals surface area contributed by atoms with Gasteiger partial charge in [-0.2, -0.15) is 0 Å². The van der Waals surface area contributed by atoms with Gasteiger partial charge in [-0.15, -0.1) is 0 Å². The van der Waals surface area contributed by atoms with Crippen LogP contribution < -0.4 is 0 Å². The topological polar surface area (TPSA) is 53.1 Å². The minimum absolute atomic E-state index is 0.330. The van der Waals surface area contributed by atoms with Crippen molar-refractivity contribution in [1.82, 2.24) is 4.98 Å². The van der Waals surface area contributed by atoms with Crippen molar-refractivity contribution < 1.29 is 9.90 Å². The van der Waals surface area contributed by atoms with Gasteiger partial charge < -0.3 is 10.1 Å². The summed E-state index contributed by atoms with van der Waals surface area (Å²) in [6.07, 6.45) is 8.95. The maximum Gasteiger partial charge on any atom is 0.335 e. The predicted octanol–water partition coefficient (Wildman–Crippen LogP) is 2.94. The Labute approximate surface area is 98.4 Å². The van der Waals surface area contributed by atoms with E-state index in [0.717, 1.165) is 23.4 Å². The average molecular weight is 225 g/mol. The maximum absolute atomic E-state index is 10.9. The number of aromatic nitrogens is 1. The van der Waals surface area contributed by atoms with E-state index in [2.05, 4.69) is 11.1 Å². The lowest BCUT2D eigenvalue weighted by atomic mass is 10.1. The second kappa shape index (κ2) is 3.63. The van der Waals surface area contributed by atoms with Crippen molar-refractivity contribution >= 4 is 12.0 Å². The van der Waals surface area contributed by atoms with Crippen LogP contribution in [0.5, 0.6) is 0 Å². The van der Waals surface area contributed by atoms with E-state index < -0.39 is 5.97 Å². The van der Waals surface area contributed by atoms with Crippen molar-refractivity contribution in [1.29, 1.82) is 0 Å². The molecule has 0 atom stereocenters. The van der Waals surface area contributed by atoms with E-state index in [1.807, 2.05) is 24.3 Å². The van der Waals surface area contributed by atoms with E-state index in [1.165, 1.54) is 5.56 Å². The van der Waals surface area contributed by atoms with Gasteiger partial charge in [-0.1, -0.05) is 18.2 Å². The van der Waals surface area contributed by atoms with Crippen LogP contribution in [-0.4, -0.2) is 16.1 Å². The second-order valence-corrected chi connectivity index (χ2v) is 4.12. The summed E-state index contributed by atoms with van der Waals surface area (Å²) in [5.74, 6) is -0.889. The normalized spacial score (nSPS) is 13.6. The van der Waals surface area contributed by atoms with E-state index >= 15 is 0 Å². The fourth-order valence-electron chi connectivity index (χ4n) is 2.11. The van der Waals surface area contributed by atoms with Crippen molar-refractivity contribution in [2.75, 3.05) is 0 Å². The molecule has 1 aliphatic heterocycles. The lowest BCUT2D eigenvalue weighted by molar-refractivity contribution is 0.0697. The first-order valence-electron chi connectivity index (χ1n) is 5.46. The fourth-order valence-corrected chi connectivity index (χ4v) is 2.11. The molecule has 0 aromatic heterocycles. The zero-order valence-corrected chi connectivity index (χ0v) is 9.10. The number of aromatic carboxylic acids is 1. The van der Waals surface area contributed by atoms with Crippen LogP contribution in [0.15, 0.2) is 36.4 Å². The molecule has 0 bridgehead atoms. The highest BCUT2D eigenvalue weighted by atomic mass is 16.4. The lowest BCUT2D eigenvalue weighted by Crippen LogP contribution is -1.93. The van der Waals surface area contributed by atoms with E-state index in [-0.39, 0.29) is 0 Å². The molecule has 0 saturated heterocycles. The largest absolute Gasteiger partial charge is 0.478 e. The highest BCUT2D eigenvalue weighted by Crippen LogP contribution is 2.28. The number of fused-ring (bicyclic) bond motifs is 2. The van der Waals surface area contributed by atoms with Crippen LogP contribution in [0.4, 0.5) is 0 Å². The first kappa shape index (κ1) is 9.90. The molecule has 84 valence electrons. The monoisotopic (exact) mass is 225 g/mol. The Balaban J connectivity index is 2.20. The summed E-state index contributed by atoms with van der Waals surface area (Å²) < 4.78 is 0. The number of carbonyl (C=O) groups is 1. The summed E-state index contributed by atoms with van der Waals surface area (Å²) in [7, 11) is 0. The number of carboxylic acids is 1. The summed E-state index contributed by atoms with van der Waals surface area (Å²) in [5.41, 5.74) is 4.38. The highest BCUT2D eigenvalue weighted by molar-refractivity contribution is 5.92. The third kappa shape index (κ3) is 1.65. The summed E-state index contributed by atoms with van der Waals surface area (Å²) in [5, 5.41) is 8.96. The molecule has 3 nitrogen and oxygen atoms in total. The van der Waals surface area contributed by atoms with Crippen LogP contribution in [0.3, 0.4) is 0 Å². The van der Waals surface area contributed by atoms with Gasteiger partial charge >= 0.3 is 5.97 Å². The number of aromatic amines is 1. The minimum Gasteiger partial charge on any atom is -0.478 e. The van der Waals surface area contributed by atoms with E-state index in [4.69, 9.17) is 5.11 Å². The zero-order chi connectivity index (χ0) is 11.8. The van der Waals surface area contributed by atoms with Crippen molar-refractivity contribution in [3.05, 3.63) is 53.2 Å². The Bertz CT molecular complexity index is 619. The number of hydrogen-bond donors (Lipinski definition) is 2. The predicted molar refractivity (Wildman–Crippen MR) is 66.3 cm³/mol. The SMILES string of the molecule is O=C(O)c1cc2cc3c([nH]c-2c1)C=CC=CC3. The molecule has 0 amide bonds. The van der Waals surface area contributed by atoms with Crippen molar-refractivity contribution in [3.63, 3.8) is 0 Å². The third-order valence-electron chi connectivity index (χ3n) is 2.96. The molecule has 0 spiro atoms. The van der Waals surface area contributed by atoms with Gasteiger partial charge in [0, 0.05) is 11.4 Å². The molecule has 0 fully saturated rings. The molecule has 17 heavy (non-hydrogen) atoms. The number of H-pyrrole nitrogens is 1. The molecule has 0 saturated carbocycles. The molecule has 3 rings (SSSR count). The molecule has 3 aliphatic rings. The summed E-state index contributed by atoms with van der Waals surface area (Å²) >= 11 is 0. The Morgan fingerprint density at radius 2 is 2.12 bits per heavy atom. The number of hydrogen-bond acceptors (Lipinski definition) is 1. The van der Waals surface area contributed by atoms with Crippen molar-refractivity contribution in [2.45, 2.75) is 6.42 Å². The van der Waals surface area contributed by atoms with Crippen molar-refractivity contribution in [2.24, 2.45) is 0 Å². The van der Waals surface area contributed by atoms with Crippen molar-refractivity contribution in [3.8, 4) is 11.3 Å². The highest BCUT2D eigenvalue weighted by Gasteiger charge is 2.14. The van der Waals surface area contributed by atoms with Crippen LogP contribution in [0, 0.1) is 0 Å². The van der Waals surface area contributed by atoms with Gasteiger partial charge in [0.15, 0.2) is 0 Å². The van der Waals surface area contributed by atoms with E-state index in [9.17, 15) is 4.79 Å². The lowest BCUT2D eigenvalue weighted by Gasteiger charge is -2.07. The average Bonchev–Trinajstić information content (AvgIpc) is 2.58. The summed E-state index contributed by atoms with van der Waals surface area (Å²) in [6.45, 7) is 0. The molecular formula is C14H11NO2. The third-order valence-corrected chi connectivity index (χ3v) is 2.96. The molecule has 0 radical (unpaired) electrons. The zero-order valence-electron chi connectivity index (χ0n) is 9.10. The summed E-state index contributed by atoms with van der Waals surface area (Å²) in [6, 6.07) is 5.42. The van der Waals surface area contributed by atoms with E-state index in [0.29, 0.717) is 5.56 Å². The van der Waals surface area contributed by atoms with Gasteiger partial charge in [0.2, 0.25) is 0 Å². The Morgan fingerprint density at radius 3 is 2.94 bits per heavy atom. The number of nitrogens with one attached hydrogen (secondary N) is 1. The van der Waals surface area contributed by atoms with Crippen LogP contribution in [0.25, 0.3) is 17.3 Å². The van der Waals surface area contributed by atoms with Gasteiger partial charge in [0.25, 0.3) is 0 Å². The van der Waals surface area contributed by atoms with E-state index in [1.54, 1.807) is 12.1 Å². The van der Waals surface area contributed by atoms with Crippen LogP contribution in [0.1, 0.15) is 21.6 Å². The molecule has 0 unspecified atom stereocenters. The summed E-state index contributed by atoms with van der Waals surface area (Å²) in [4.78, 5) is 14.2. The fraction of sp³-hybridized carbons (Fsp3) is 0.0714. The first-order valence-corrected chi connectivity index (χ1v) is 5.46. The van der Waals surface area contributed by atoms with Gasteiger partial charge in [0.1, 0.15) is 0 Å². The molecule has 0 aromatic carbocycles. The van der Waals surface area contributed by atoms with Gasteiger partial charge in [-0.05, 0) is 41.8 Å². The Morgan fingerprint density at radius 1 is 1.24 bits per heavy atom. The van der Waals surface area contributed by atoms with Gasteiger partial charge in [-0.3, -0.25) is 0 Å². The number of allylic oxidation sites excluding steroid dienone is 3. The van der Waals surface area contributed by atoms with Crippen LogP contribution in [0.2, 0.25) is 0 Å². The van der Waals surface area contributed by atoms with Gasteiger partial charge in [0.05, 0.1) is 5.56 Å². The van der Waals surface area contributed by atoms with Gasteiger partial charge in [-0.25, -0.2) is 4.79 Å². The second-order valence-electron chi connectivity index (χ2n) is 4.12. The standard InChI is InChI=1S/C14H11NO2/c16-14(17)11-7-10-6-9-4-2-1-3-5-12(9)15-13(10)8-11/h1-3,5-8,15H,4H2,(H,16,17). The molecule has 2 N–H and O–H groups in total. The molecule has 1 heterocycles. The minimum atomic E-state index is -0.889. The Kier molecular flexibility index (Phi) is 2.11. The number of pyridine rings is 1. The molecule has 0 aromatic rings. The molecule has 3 heteroatoms. The first-order chi connectivity index (χ1) is 8.24. The number of rotatable bonds is 1. The van der Waals surface area contributed by atoms with Crippen LogP contribution in [-0.2, 0) is 6.42 Å². The number of carboxylic acid groups (broad SMARTS) is 1. The van der Waals surface area contributed by atoms with Crippen LogP contribution >= 0.6 is 0 Å². The maximum atomic E-state index is 10.9.